The van der Waals surface area contributed by atoms with Crippen LogP contribution in [0.3, 0.4) is 0 Å². The van der Waals surface area contributed by atoms with Gasteiger partial charge < -0.3 is 9.47 Å². The lowest BCUT2D eigenvalue weighted by Crippen LogP contribution is -2.17. The third kappa shape index (κ3) is 4.29. The molecule has 0 radical (unpaired) electrons. The molecule has 0 atom stereocenters. The number of carbonyl (C=O) groups is 1. The summed E-state index contributed by atoms with van der Waals surface area (Å²) in [6, 6.07) is 8.67. The number of ether oxygens (including phenoxy) is 2. The van der Waals surface area contributed by atoms with Crippen LogP contribution in [0.1, 0.15) is 28.5 Å². The first-order chi connectivity index (χ1) is 11.2. The smallest absolute Gasteiger partial charge is 0.271 e. The molecule has 1 aromatic carbocycles. The normalized spacial score (nSPS) is 10.6. The van der Waals surface area contributed by atoms with Crippen LogP contribution >= 0.6 is 0 Å². The standard InChI is InChI=1S/C17H19N3O3/c1-4-14-9-12(7-8-18-14)11-19-20-17(21)13-5-6-15(22-2)16(10-13)23-3/h5-11H,4H2,1-3H3,(H,20,21)/b19-11+. The number of aryl methyl sites for hydroxylation is 1. The van der Waals surface area contributed by atoms with Crippen molar-refractivity contribution in [3.8, 4) is 11.5 Å². The molecule has 120 valence electrons. The second kappa shape index (κ2) is 7.93. The zero-order chi connectivity index (χ0) is 16.7. The molecule has 6 heteroatoms. The molecule has 0 bridgehead atoms. The van der Waals surface area contributed by atoms with E-state index >= 15 is 0 Å². The molecule has 1 heterocycles. The lowest BCUT2D eigenvalue weighted by molar-refractivity contribution is 0.0954. The van der Waals surface area contributed by atoms with Crippen molar-refractivity contribution in [3.05, 3.63) is 53.3 Å². The van der Waals surface area contributed by atoms with Gasteiger partial charge in [-0.2, -0.15) is 5.10 Å². The van der Waals surface area contributed by atoms with Gasteiger partial charge in [0, 0.05) is 17.5 Å². The number of benzene rings is 1. The summed E-state index contributed by atoms with van der Waals surface area (Å²) in [5, 5.41) is 3.97. The Hall–Kier alpha value is -2.89. The SMILES string of the molecule is CCc1cc(/C=N/NC(=O)c2ccc(OC)c(OC)c2)ccn1. The Bertz CT molecular complexity index is 714. The van der Waals surface area contributed by atoms with Crippen LogP contribution in [0.2, 0.25) is 0 Å². The van der Waals surface area contributed by atoms with E-state index in [2.05, 4.69) is 15.5 Å². The van der Waals surface area contributed by atoms with E-state index in [1.54, 1.807) is 37.7 Å². The van der Waals surface area contributed by atoms with Gasteiger partial charge in [0.05, 0.1) is 20.4 Å². The molecule has 0 aliphatic rings. The lowest BCUT2D eigenvalue weighted by atomic mass is 10.2. The summed E-state index contributed by atoms with van der Waals surface area (Å²) in [7, 11) is 3.06. The van der Waals surface area contributed by atoms with Crippen molar-refractivity contribution in [2.24, 2.45) is 5.10 Å². The molecular weight excluding hydrogens is 294 g/mol. The fraction of sp³-hybridized carbons (Fsp3) is 0.235. The fourth-order valence-corrected chi connectivity index (χ4v) is 1.98. The second-order valence-electron chi connectivity index (χ2n) is 4.70. The number of carbonyl (C=O) groups excluding carboxylic acids is 1. The van der Waals surface area contributed by atoms with Crippen LogP contribution in [-0.4, -0.2) is 31.3 Å². The van der Waals surface area contributed by atoms with Gasteiger partial charge >= 0.3 is 0 Å². The molecular formula is C17H19N3O3. The number of pyridine rings is 1. The van der Waals surface area contributed by atoms with Gasteiger partial charge in [0.2, 0.25) is 0 Å². The molecule has 2 aromatic rings. The highest BCUT2D eigenvalue weighted by Crippen LogP contribution is 2.27. The van der Waals surface area contributed by atoms with E-state index in [4.69, 9.17) is 9.47 Å². The average Bonchev–Trinajstić information content (AvgIpc) is 2.61. The first kappa shape index (κ1) is 16.5. The molecule has 1 amide bonds. The summed E-state index contributed by atoms with van der Waals surface area (Å²) >= 11 is 0. The van der Waals surface area contributed by atoms with Crippen LogP contribution in [0.5, 0.6) is 11.5 Å². The van der Waals surface area contributed by atoms with Crippen molar-refractivity contribution in [1.82, 2.24) is 10.4 Å². The van der Waals surface area contributed by atoms with E-state index in [0.29, 0.717) is 17.1 Å². The summed E-state index contributed by atoms with van der Waals surface area (Å²) in [6.45, 7) is 2.03. The highest BCUT2D eigenvalue weighted by Gasteiger charge is 2.09. The van der Waals surface area contributed by atoms with Crippen molar-refractivity contribution in [2.45, 2.75) is 13.3 Å². The monoisotopic (exact) mass is 313 g/mol. The Balaban J connectivity index is 2.05. The largest absolute Gasteiger partial charge is 0.493 e. The Morgan fingerprint density at radius 1 is 1.22 bits per heavy atom. The van der Waals surface area contributed by atoms with Crippen molar-refractivity contribution >= 4 is 12.1 Å². The molecule has 6 nitrogen and oxygen atoms in total. The maximum Gasteiger partial charge on any atom is 0.271 e. The number of nitrogens with zero attached hydrogens (tertiary/aromatic N) is 2. The van der Waals surface area contributed by atoms with Crippen molar-refractivity contribution in [3.63, 3.8) is 0 Å². The lowest BCUT2D eigenvalue weighted by Gasteiger charge is -2.08. The van der Waals surface area contributed by atoms with E-state index < -0.39 is 0 Å². The number of rotatable bonds is 6. The van der Waals surface area contributed by atoms with Crippen LogP contribution < -0.4 is 14.9 Å². The Morgan fingerprint density at radius 3 is 2.70 bits per heavy atom. The molecule has 0 fully saturated rings. The molecule has 0 spiro atoms. The molecule has 2 rings (SSSR count). The van der Waals surface area contributed by atoms with E-state index in [0.717, 1.165) is 17.7 Å². The number of hydrogen-bond donors (Lipinski definition) is 1. The van der Waals surface area contributed by atoms with E-state index in [1.807, 2.05) is 19.1 Å². The molecule has 1 aromatic heterocycles. The van der Waals surface area contributed by atoms with Gasteiger partial charge in [-0.3, -0.25) is 9.78 Å². The predicted octanol–water partition coefficient (Wildman–Crippen LogP) is 2.43. The molecule has 23 heavy (non-hydrogen) atoms. The van der Waals surface area contributed by atoms with Crippen LogP contribution in [0.4, 0.5) is 0 Å². The fourth-order valence-electron chi connectivity index (χ4n) is 1.98. The van der Waals surface area contributed by atoms with Gasteiger partial charge in [0.25, 0.3) is 5.91 Å². The number of methoxy groups -OCH3 is 2. The highest BCUT2D eigenvalue weighted by atomic mass is 16.5. The zero-order valence-corrected chi connectivity index (χ0v) is 13.4. The number of hydrazone groups is 1. The Kier molecular flexibility index (Phi) is 5.68. The Morgan fingerprint density at radius 2 is 2.00 bits per heavy atom. The number of hydrogen-bond acceptors (Lipinski definition) is 5. The topological polar surface area (TPSA) is 72.8 Å². The maximum absolute atomic E-state index is 12.1. The first-order valence-electron chi connectivity index (χ1n) is 7.18. The van der Waals surface area contributed by atoms with Gasteiger partial charge in [0.15, 0.2) is 11.5 Å². The number of amides is 1. The Labute approximate surface area is 135 Å². The summed E-state index contributed by atoms with van der Waals surface area (Å²) < 4.78 is 10.3. The van der Waals surface area contributed by atoms with E-state index in [9.17, 15) is 4.79 Å². The third-order valence-corrected chi connectivity index (χ3v) is 3.23. The predicted molar refractivity (Wildman–Crippen MR) is 88.2 cm³/mol. The van der Waals surface area contributed by atoms with Crippen LogP contribution in [0, 0.1) is 0 Å². The molecule has 0 aliphatic heterocycles. The summed E-state index contributed by atoms with van der Waals surface area (Å²) in [6.07, 6.45) is 4.15. The summed E-state index contributed by atoms with van der Waals surface area (Å²) in [5.74, 6) is 0.731. The third-order valence-electron chi connectivity index (χ3n) is 3.23. The van der Waals surface area contributed by atoms with Gasteiger partial charge in [0.1, 0.15) is 0 Å². The highest BCUT2D eigenvalue weighted by molar-refractivity contribution is 5.95. The second-order valence-corrected chi connectivity index (χ2v) is 4.70. The quantitative estimate of drug-likeness (QED) is 0.656. The van der Waals surface area contributed by atoms with Crippen molar-refractivity contribution in [1.29, 1.82) is 0 Å². The molecule has 0 saturated carbocycles. The van der Waals surface area contributed by atoms with Crippen LogP contribution in [0.25, 0.3) is 0 Å². The van der Waals surface area contributed by atoms with Crippen molar-refractivity contribution in [2.75, 3.05) is 14.2 Å². The van der Waals surface area contributed by atoms with Crippen molar-refractivity contribution < 1.29 is 14.3 Å². The molecule has 0 unspecified atom stereocenters. The van der Waals surface area contributed by atoms with Gasteiger partial charge in [-0.25, -0.2) is 5.43 Å². The minimum Gasteiger partial charge on any atom is -0.493 e. The molecule has 0 saturated heterocycles. The van der Waals surface area contributed by atoms with Crippen LogP contribution in [0.15, 0.2) is 41.6 Å². The minimum atomic E-state index is -0.327. The number of nitrogens with one attached hydrogen (secondary N) is 1. The maximum atomic E-state index is 12.1. The summed E-state index contributed by atoms with van der Waals surface area (Å²) in [5.41, 5.74) is 4.77. The van der Waals surface area contributed by atoms with E-state index in [1.165, 1.54) is 7.11 Å². The molecule has 1 N–H and O–H groups in total. The first-order valence-corrected chi connectivity index (χ1v) is 7.18. The average molecular weight is 313 g/mol. The zero-order valence-electron chi connectivity index (χ0n) is 13.4. The van der Waals surface area contributed by atoms with Gasteiger partial charge in [-0.05, 0) is 42.3 Å². The van der Waals surface area contributed by atoms with Gasteiger partial charge in [-0.15, -0.1) is 0 Å². The summed E-state index contributed by atoms with van der Waals surface area (Å²) in [4.78, 5) is 16.3. The van der Waals surface area contributed by atoms with Gasteiger partial charge in [-0.1, -0.05) is 6.92 Å². The molecule has 0 aliphatic carbocycles. The van der Waals surface area contributed by atoms with E-state index in [-0.39, 0.29) is 5.91 Å². The number of aromatic nitrogens is 1. The minimum absolute atomic E-state index is 0.327. The van der Waals surface area contributed by atoms with Crippen LogP contribution in [-0.2, 0) is 6.42 Å².